The average Bonchev–Trinajstić information content (AvgIpc) is 2.55. The first-order chi connectivity index (χ1) is 7.17. The Balaban J connectivity index is 2.83. The first-order valence-corrected chi connectivity index (χ1v) is 5.90. The number of hydrogen-bond donors (Lipinski definition) is 1. The van der Waals surface area contributed by atoms with E-state index >= 15 is 0 Å². The highest BCUT2D eigenvalue weighted by atomic mass is 79.9. The van der Waals surface area contributed by atoms with Crippen LogP contribution >= 0.6 is 15.9 Å². The SMILES string of the molecule is CCc1nc2cc(Br)cc(N)c2n1CC. The molecule has 0 amide bonds. The van der Waals surface area contributed by atoms with Gasteiger partial charge in [0.25, 0.3) is 0 Å². The van der Waals surface area contributed by atoms with Crippen LogP contribution in [0.3, 0.4) is 0 Å². The molecule has 1 heterocycles. The standard InChI is InChI=1S/C11H14BrN3/c1-3-10-14-9-6-7(12)5-8(13)11(9)15(10)4-2/h5-6H,3-4,13H2,1-2H3. The molecule has 2 rings (SSSR count). The minimum Gasteiger partial charge on any atom is -0.397 e. The van der Waals surface area contributed by atoms with Crippen LogP contribution in [0.2, 0.25) is 0 Å². The Morgan fingerprint density at radius 3 is 2.73 bits per heavy atom. The molecule has 0 aliphatic heterocycles. The minimum atomic E-state index is 0.786. The van der Waals surface area contributed by atoms with E-state index in [1.165, 1.54) is 0 Å². The van der Waals surface area contributed by atoms with Gasteiger partial charge in [-0.05, 0) is 19.1 Å². The van der Waals surface area contributed by atoms with Gasteiger partial charge < -0.3 is 10.3 Å². The number of fused-ring (bicyclic) bond motifs is 1. The van der Waals surface area contributed by atoms with E-state index in [1.807, 2.05) is 12.1 Å². The molecule has 0 spiro atoms. The number of benzene rings is 1. The van der Waals surface area contributed by atoms with Crippen molar-refractivity contribution in [3.63, 3.8) is 0 Å². The molecule has 0 fully saturated rings. The van der Waals surface area contributed by atoms with Crippen LogP contribution in [-0.2, 0) is 13.0 Å². The normalized spacial score (nSPS) is 11.1. The lowest BCUT2D eigenvalue weighted by atomic mass is 10.2. The zero-order chi connectivity index (χ0) is 11.0. The Morgan fingerprint density at radius 2 is 2.13 bits per heavy atom. The van der Waals surface area contributed by atoms with Gasteiger partial charge in [0.15, 0.2) is 0 Å². The summed E-state index contributed by atoms with van der Waals surface area (Å²) >= 11 is 3.43. The maximum Gasteiger partial charge on any atom is 0.109 e. The highest BCUT2D eigenvalue weighted by Gasteiger charge is 2.11. The van der Waals surface area contributed by atoms with Crippen LogP contribution in [0.25, 0.3) is 11.0 Å². The average molecular weight is 268 g/mol. The molecule has 0 aliphatic carbocycles. The molecule has 80 valence electrons. The number of halogens is 1. The Kier molecular flexibility index (Phi) is 2.69. The van der Waals surface area contributed by atoms with E-state index in [0.717, 1.165) is 40.0 Å². The summed E-state index contributed by atoms with van der Waals surface area (Å²) in [6.45, 7) is 5.13. The third-order valence-corrected chi connectivity index (χ3v) is 3.01. The van der Waals surface area contributed by atoms with Crippen LogP contribution in [0.5, 0.6) is 0 Å². The van der Waals surface area contributed by atoms with Gasteiger partial charge in [-0.2, -0.15) is 0 Å². The summed E-state index contributed by atoms with van der Waals surface area (Å²) in [6, 6.07) is 3.94. The molecule has 0 saturated heterocycles. The lowest BCUT2D eigenvalue weighted by molar-refractivity contribution is 0.726. The predicted molar refractivity (Wildman–Crippen MR) is 66.9 cm³/mol. The summed E-state index contributed by atoms with van der Waals surface area (Å²) in [5.41, 5.74) is 8.82. The maximum absolute atomic E-state index is 6.01. The van der Waals surface area contributed by atoms with Crippen molar-refractivity contribution < 1.29 is 0 Å². The number of rotatable bonds is 2. The third kappa shape index (κ3) is 1.63. The van der Waals surface area contributed by atoms with Gasteiger partial charge in [-0.25, -0.2) is 4.98 Å². The molecule has 0 radical (unpaired) electrons. The summed E-state index contributed by atoms with van der Waals surface area (Å²) in [5, 5.41) is 0. The fraction of sp³-hybridized carbons (Fsp3) is 0.364. The Labute approximate surface area is 97.4 Å². The molecule has 0 atom stereocenters. The summed E-state index contributed by atoms with van der Waals surface area (Å²) in [4.78, 5) is 4.58. The van der Waals surface area contributed by atoms with E-state index in [2.05, 4.69) is 39.3 Å². The monoisotopic (exact) mass is 267 g/mol. The van der Waals surface area contributed by atoms with Crippen LogP contribution in [0.15, 0.2) is 16.6 Å². The summed E-state index contributed by atoms with van der Waals surface area (Å²) in [6.07, 6.45) is 0.930. The minimum absolute atomic E-state index is 0.786. The zero-order valence-corrected chi connectivity index (χ0v) is 10.5. The van der Waals surface area contributed by atoms with E-state index < -0.39 is 0 Å². The number of hydrogen-bond acceptors (Lipinski definition) is 2. The van der Waals surface area contributed by atoms with Crippen molar-refractivity contribution >= 4 is 32.7 Å². The van der Waals surface area contributed by atoms with Crippen molar-refractivity contribution in [1.29, 1.82) is 0 Å². The van der Waals surface area contributed by atoms with E-state index in [-0.39, 0.29) is 0 Å². The van der Waals surface area contributed by atoms with Crippen molar-refractivity contribution in [2.45, 2.75) is 26.8 Å². The molecule has 3 nitrogen and oxygen atoms in total. The maximum atomic E-state index is 6.01. The first kappa shape index (κ1) is 10.5. The fourth-order valence-corrected chi connectivity index (χ4v) is 2.39. The third-order valence-electron chi connectivity index (χ3n) is 2.55. The Bertz CT molecular complexity index is 502. The van der Waals surface area contributed by atoms with Crippen LogP contribution < -0.4 is 5.73 Å². The molecular formula is C11H14BrN3. The second-order valence-electron chi connectivity index (χ2n) is 3.49. The number of nitrogens with two attached hydrogens (primary N) is 1. The van der Waals surface area contributed by atoms with Crippen LogP contribution in [0, 0.1) is 0 Å². The number of anilines is 1. The van der Waals surface area contributed by atoms with Crippen molar-refractivity contribution in [1.82, 2.24) is 9.55 Å². The molecule has 0 aliphatic rings. The van der Waals surface area contributed by atoms with Crippen molar-refractivity contribution in [3.05, 3.63) is 22.4 Å². The van der Waals surface area contributed by atoms with E-state index in [9.17, 15) is 0 Å². The van der Waals surface area contributed by atoms with Crippen LogP contribution in [-0.4, -0.2) is 9.55 Å². The zero-order valence-electron chi connectivity index (χ0n) is 8.92. The molecular weight excluding hydrogens is 254 g/mol. The molecule has 0 unspecified atom stereocenters. The van der Waals surface area contributed by atoms with E-state index in [0.29, 0.717) is 0 Å². The fourth-order valence-electron chi connectivity index (χ4n) is 1.92. The Hall–Kier alpha value is -1.03. The first-order valence-electron chi connectivity index (χ1n) is 5.11. The lowest BCUT2D eigenvalue weighted by Gasteiger charge is -2.05. The molecule has 15 heavy (non-hydrogen) atoms. The van der Waals surface area contributed by atoms with Crippen molar-refractivity contribution in [2.75, 3.05) is 5.73 Å². The number of aryl methyl sites for hydroxylation is 2. The molecule has 2 aromatic rings. The van der Waals surface area contributed by atoms with Gasteiger partial charge in [-0.3, -0.25) is 0 Å². The molecule has 1 aromatic carbocycles. The van der Waals surface area contributed by atoms with Gasteiger partial charge in [-0.1, -0.05) is 22.9 Å². The topological polar surface area (TPSA) is 43.8 Å². The second kappa shape index (κ2) is 3.85. The number of nitrogens with zero attached hydrogens (tertiary/aromatic N) is 2. The smallest absolute Gasteiger partial charge is 0.109 e. The highest BCUT2D eigenvalue weighted by molar-refractivity contribution is 9.10. The van der Waals surface area contributed by atoms with E-state index in [4.69, 9.17) is 5.73 Å². The predicted octanol–water partition coefficient (Wildman–Crippen LogP) is 2.96. The van der Waals surface area contributed by atoms with Gasteiger partial charge in [-0.15, -0.1) is 0 Å². The lowest BCUT2D eigenvalue weighted by Crippen LogP contribution is -2.01. The van der Waals surface area contributed by atoms with Gasteiger partial charge in [0.2, 0.25) is 0 Å². The Morgan fingerprint density at radius 1 is 1.40 bits per heavy atom. The van der Waals surface area contributed by atoms with Gasteiger partial charge in [0.1, 0.15) is 5.82 Å². The quantitative estimate of drug-likeness (QED) is 0.851. The highest BCUT2D eigenvalue weighted by Crippen LogP contribution is 2.27. The number of nitrogen functional groups attached to an aromatic ring is 1. The van der Waals surface area contributed by atoms with Crippen LogP contribution in [0.4, 0.5) is 5.69 Å². The second-order valence-corrected chi connectivity index (χ2v) is 4.40. The molecule has 0 saturated carbocycles. The van der Waals surface area contributed by atoms with Gasteiger partial charge in [0, 0.05) is 17.4 Å². The molecule has 0 bridgehead atoms. The molecule has 4 heteroatoms. The van der Waals surface area contributed by atoms with Gasteiger partial charge >= 0.3 is 0 Å². The number of aromatic nitrogens is 2. The van der Waals surface area contributed by atoms with Crippen molar-refractivity contribution in [3.8, 4) is 0 Å². The largest absolute Gasteiger partial charge is 0.397 e. The van der Waals surface area contributed by atoms with Crippen LogP contribution in [0.1, 0.15) is 19.7 Å². The van der Waals surface area contributed by atoms with Crippen molar-refractivity contribution in [2.24, 2.45) is 0 Å². The van der Waals surface area contributed by atoms with E-state index in [1.54, 1.807) is 0 Å². The molecule has 2 N–H and O–H groups in total. The summed E-state index contributed by atoms with van der Waals surface area (Å²) in [7, 11) is 0. The summed E-state index contributed by atoms with van der Waals surface area (Å²) in [5.74, 6) is 1.09. The summed E-state index contributed by atoms with van der Waals surface area (Å²) < 4.78 is 3.16. The molecule has 1 aromatic heterocycles. The number of imidazole rings is 1. The van der Waals surface area contributed by atoms with Gasteiger partial charge in [0.05, 0.1) is 16.7 Å².